The van der Waals surface area contributed by atoms with Gasteiger partial charge in [-0.1, -0.05) is 0 Å². The highest BCUT2D eigenvalue weighted by Gasteiger charge is 2.15. The summed E-state index contributed by atoms with van der Waals surface area (Å²) in [6.45, 7) is 2.00. The lowest BCUT2D eigenvalue weighted by Crippen LogP contribution is -2.04. The molecule has 0 amide bonds. The minimum atomic E-state index is -0.495. The number of carbonyl (C=O) groups excluding carboxylic acids is 1. The molecule has 0 aliphatic carbocycles. The highest BCUT2D eigenvalue weighted by Crippen LogP contribution is 2.14. The second-order valence-corrected chi connectivity index (χ2v) is 2.82. The number of ether oxygens (including phenoxy) is 1. The maximum atomic E-state index is 11.4. The first kappa shape index (κ1) is 9.45. The van der Waals surface area contributed by atoms with Gasteiger partial charge in [0.25, 0.3) is 0 Å². The van der Waals surface area contributed by atoms with Crippen LogP contribution in [0.15, 0.2) is 18.5 Å². The van der Waals surface area contributed by atoms with Gasteiger partial charge in [0.15, 0.2) is 5.65 Å². The summed E-state index contributed by atoms with van der Waals surface area (Å²) in [5.74, 6) is -0.568. The molecule has 0 aliphatic heterocycles. The molecule has 0 spiro atoms. The van der Waals surface area contributed by atoms with Gasteiger partial charge >= 0.3 is 5.97 Å². The van der Waals surface area contributed by atoms with Crippen molar-refractivity contribution in [2.75, 3.05) is 6.61 Å². The van der Waals surface area contributed by atoms with Crippen LogP contribution in [0.3, 0.4) is 0 Å². The Kier molecular flexibility index (Phi) is 2.24. The van der Waals surface area contributed by atoms with E-state index >= 15 is 0 Å². The average Bonchev–Trinajstić information content (AvgIpc) is 2.63. The highest BCUT2D eigenvalue weighted by atomic mass is 16.5. The number of aromatic hydroxyl groups is 1. The van der Waals surface area contributed by atoms with Crippen LogP contribution in [0.5, 0.6) is 5.88 Å². The van der Waals surface area contributed by atoms with Crippen LogP contribution in [0.4, 0.5) is 0 Å². The number of carbonyl (C=O) groups is 1. The van der Waals surface area contributed by atoms with E-state index in [1.54, 1.807) is 6.92 Å². The smallest absolute Gasteiger partial charge is 0.343 e. The molecule has 2 aromatic heterocycles. The summed E-state index contributed by atoms with van der Waals surface area (Å²) in [4.78, 5) is 15.4. The van der Waals surface area contributed by atoms with Gasteiger partial charge in [0.1, 0.15) is 5.56 Å². The average molecular weight is 207 g/mol. The minimum Gasteiger partial charge on any atom is -0.493 e. The predicted molar refractivity (Wildman–Crippen MR) is 50.6 cm³/mol. The number of nitrogens with zero attached hydrogens (tertiary/aromatic N) is 3. The number of hydrogen-bond acceptors (Lipinski definition) is 5. The molecule has 0 saturated carbocycles. The zero-order valence-electron chi connectivity index (χ0n) is 8.04. The van der Waals surface area contributed by atoms with Gasteiger partial charge in [0.2, 0.25) is 5.88 Å². The van der Waals surface area contributed by atoms with Crippen molar-refractivity contribution < 1.29 is 14.6 Å². The highest BCUT2D eigenvalue weighted by molar-refractivity contribution is 5.95. The number of rotatable bonds is 2. The van der Waals surface area contributed by atoms with E-state index in [9.17, 15) is 9.90 Å². The molecule has 0 aliphatic rings. The molecular weight excluding hydrogens is 198 g/mol. The van der Waals surface area contributed by atoms with E-state index in [1.807, 2.05) is 0 Å². The van der Waals surface area contributed by atoms with Crippen molar-refractivity contribution in [2.24, 2.45) is 0 Å². The normalized spacial score (nSPS) is 10.5. The summed E-state index contributed by atoms with van der Waals surface area (Å²) < 4.78 is 5.99. The fourth-order valence-electron chi connectivity index (χ4n) is 1.23. The van der Waals surface area contributed by atoms with Crippen LogP contribution in [-0.4, -0.2) is 32.3 Å². The zero-order chi connectivity index (χ0) is 10.8. The Morgan fingerprint density at radius 1 is 1.67 bits per heavy atom. The molecule has 15 heavy (non-hydrogen) atoms. The first-order chi connectivity index (χ1) is 7.24. The Balaban J connectivity index is 2.54. The molecule has 0 radical (unpaired) electrons. The summed E-state index contributed by atoms with van der Waals surface area (Å²) in [7, 11) is 0. The molecule has 0 atom stereocenters. The van der Waals surface area contributed by atoms with Crippen LogP contribution >= 0.6 is 0 Å². The van der Waals surface area contributed by atoms with E-state index in [1.165, 1.54) is 23.0 Å². The number of fused-ring (bicyclic) bond motifs is 1. The molecule has 0 saturated heterocycles. The van der Waals surface area contributed by atoms with E-state index in [-0.39, 0.29) is 23.7 Å². The standard InChI is InChI=1S/C9H9N3O3/c1-2-15-9(14)6-5-11-12-7(13)3-4-10-8(6)12/h3-5,13H,2H2,1H3. The van der Waals surface area contributed by atoms with Crippen molar-refractivity contribution in [1.29, 1.82) is 0 Å². The van der Waals surface area contributed by atoms with Crippen LogP contribution in [-0.2, 0) is 4.74 Å². The van der Waals surface area contributed by atoms with Crippen molar-refractivity contribution in [3.63, 3.8) is 0 Å². The lowest BCUT2D eigenvalue weighted by Gasteiger charge is -1.99. The topological polar surface area (TPSA) is 76.7 Å². The summed E-state index contributed by atoms with van der Waals surface area (Å²) in [5.41, 5.74) is 0.529. The molecule has 2 aromatic rings. The largest absolute Gasteiger partial charge is 0.493 e. The van der Waals surface area contributed by atoms with Crippen LogP contribution in [0.1, 0.15) is 17.3 Å². The lowest BCUT2D eigenvalue weighted by molar-refractivity contribution is 0.0528. The fraction of sp³-hybridized carbons (Fsp3) is 0.222. The summed E-state index contributed by atoms with van der Waals surface area (Å²) in [6, 6.07) is 1.38. The van der Waals surface area contributed by atoms with Gasteiger partial charge in [0.05, 0.1) is 12.8 Å². The van der Waals surface area contributed by atoms with Gasteiger partial charge in [-0.05, 0) is 6.92 Å². The maximum Gasteiger partial charge on any atom is 0.343 e. The first-order valence-corrected chi connectivity index (χ1v) is 4.43. The van der Waals surface area contributed by atoms with E-state index in [0.717, 1.165) is 0 Å². The van der Waals surface area contributed by atoms with E-state index in [2.05, 4.69) is 10.1 Å². The van der Waals surface area contributed by atoms with E-state index in [0.29, 0.717) is 0 Å². The fourth-order valence-corrected chi connectivity index (χ4v) is 1.23. The van der Waals surface area contributed by atoms with E-state index in [4.69, 9.17) is 4.74 Å². The Hall–Kier alpha value is -2.11. The molecular formula is C9H9N3O3. The Bertz CT molecular complexity index is 506. The van der Waals surface area contributed by atoms with Crippen molar-refractivity contribution in [1.82, 2.24) is 14.6 Å². The van der Waals surface area contributed by atoms with Gasteiger partial charge in [-0.3, -0.25) is 0 Å². The van der Waals surface area contributed by atoms with Crippen LogP contribution in [0, 0.1) is 0 Å². The summed E-state index contributed by atoms with van der Waals surface area (Å²) in [6.07, 6.45) is 2.72. The second-order valence-electron chi connectivity index (χ2n) is 2.82. The molecule has 6 nitrogen and oxygen atoms in total. The lowest BCUT2D eigenvalue weighted by atomic mass is 10.3. The third kappa shape index (κ3) is 1.50. The second kappa shape index (κ2) is 3.56. The van der Waals surface area contributed by atoms with Crippen molar-refractivity contribution in [2.45, 2.75) is 6.92 Å². The molecule has 6 heteroatoms. The van der Waals surface area contributed by atoms with Crippen LogP contribution < -0.4 is 0 Å². The van der Waals surface area contributed by atoms with Gasteiger partial charge in [-0.25, -0.2) is 9.78 Å². The van der Waals surface area contributed by atoms with Gasteiger partial charge in [-0.2, -0.15) is 9.61 Å². The van der Waals surface area contributed by atoms with Gasteiger partial charge in [-0.15, -0.1) is 0 Å². The molecule has 0 unspecified atom stereocenters. The van der Waals surface area contributed by atoms with Crippen molar-refractivity contribution in [3.8, 4) is 5.88 Å². The van der Waals surface area contributed by atoms with Gasteiger partial charge < -0.3 is 9.84 Å². The Morgan fingerprint density at radius 3 is 3.20 bits per heavy atom. The molecule has 2 heterocycles. The number of hydrogen-bond donors (Lipinski definition) is 1. The van der Waals surface area contributed by atoms with Crippen LogP contribution in [0.25, 0.3) is 5.65 Å². The van der Waals surface area contributed by atoms with Crippen LogP contribution in [0.2, 0.25) is 0 Å². The van der Waals surface area contributed by atoms with E-state index < -0.39 is 5.97 Å². The first-order valence-electron chi connectivity index (χ1n) is 4.43. The molecule has 0 aromatic carbocycles. The molecule has 78 valence electrons. The third-order valence-corrected chi connectivity index (χ3v) is 1.88. The SMILES string of the molecule is CCOC(=O)c1cnn2c(O)ccnc12. The Labute approximate surface area is 85.1 Å². The molecule has 2 rings (SSSR count). The number of aromatic nitrogens is 3. The summed E-state index contributed by atoms with van der Waals surface area (Å²) in [5, 5.41) is 13.2. The third-order valence-electron chi connectivity index (χ3n) is 1.88. The van der Waals surface area contributed by atoms with Crippen molar-refractivity contribution >= 4 is 11.6 Å². The maximum absolute atomic E-state index is 11.4. The Morgan fingerprint density at radius 2 is 2.47 bits per heavy atom. The predicted octanol–water partition coefficient (Wildman–Crippen LogP) is 0.612. The molecule has 1 N–H and O–H groups in total. The molecule has 0 bridgehead atoms. The quantitative estimate of drug-likeness (QED) is 0.730. The minimum absolute atomic E-state index is 0.0736. The van der Waals surface area contributed by atoms with Crippen molar-refractivity contribution in [3.05, 3.63) is 24.0 Å². The van der Waals surface area contributed by atoms with Gasteiger partial charge in [0, 0.05) is 12.3 Å². The number of esters is 1. The monoisotopic (exact) mass is 207 g/mol. The summed E-state index contributed by atoms with van der Waals surface area (Å²) >= 11 is 0. The molecule has 0 fully saturated rings. The zero-order valence-corrected chi connectivity index (χ0v) is 8.04.